The predicted molar refractivity (Wildman–Crippen MR) is 122 cm³/mol. The molecule has 5 nitrogen and oxygen atoms in total. The van der Waals surface area contributed by atoms with E-state index in [4.69, 9.17) is 4.98 Å². The zero-order valence-corrected chi connectivity index (χ0v) is 18.0. The Bertz CT molecular complexity index is 1090. The van der Waals surface area contributed by atoms with Crippen LogP contribution in [0.3, 0.4) is 0 Å². The molecule has 2 atom stereocenters. The van der Waals surface area contributed by atoms with Crippen molar-refractivity contribution in [3.8, 4) is 0 Å². The lowest BCUT2D eigenvalue weighted by Gasteiger charge is -2.25. The van der Waals surface area contributed by atoms with Gasteiger partial charge in [0.25, 0.3) is 5.91 Å². The number of amides is 1. The van der Waals surface area contributed by atoms with Gasteiger partial charge in [-0.15, -0.1) is 11.3 Å². The lowest BCUT2D eigenvalue weighted by Crippen LogP contribution is -2.22. The highest BCUT2D eigenvalue weighted by Gasteiger charge is 2.28. The number of rotatable bonds is 6. The third-order valence-corrected chi connectivity index (χ3v) is 6.86. The number of carbonyl (C=O) groups excluding carboxylic acids is 1. The van der Waals surface area contributed by atoms with Crippen molar-refractivity contribution in [2.24, 2.45) is 5.92 Å². The number of hydrogen-bond donors (Lipinski definition) is 1. The summed E-state index contributed by atoms with van der Waals surface area (Å²) in [5.41, 5.74) is 2.78. The van der Waals surface area contributed by atoms with Gasteiger partial charge in [0.2, 0.25) is 0 Å². The van der Waals surface area contributed by atoms with Crippen LogP contribution in [-0.2, 0) is 6.54 Å². The van der Waals surface area contributed by atoms with Gasteiger partial charge < -0.3 is 9.47 Å². The largest absolute Gasteiger partial charge is 0.363 e. The second-order valence-corrected chi connectivity index (χ2v) is 9.03. The predicted octanol–water partition coefficient (Wildman–Crippen LogP) is 5.80. The van der Waals surface area contributed by atoms with Crippen molar-refractivity contribution in [2.75, 3.05) is 16.8 Å². The Hall–Kier alpha value is -2.93. The second-order valence-electron chi connectivity index (χ2n) is 8.18. The van der Waals surface area contributed by atoms with Gasteiger partial charge in [0, 0.05) is 30.4 Å². The maximum atomic E-state index is 13.4. The Kier molecular flexibility index (Phi) is 5.59. The Balaban J connectivity index is 1.27. The van der Waals surface area contributed by atoms with Crippen molar-refractivity contribution in [3.05, 3.63) is 77.3 Å². The minimum absolute atomic E-state index is 0.0464. The lowest BCUT2D eigenvalue weighted by atomic mass is 10.1. The van der Waals surface area contributed by atoms with E-state index in [0.29, 0.717) is 23.8 Å². The van der Waals surface area contributed by atoms with E-state index in [1.54, 1.807) is 12.1 Å². The van der Waals surface area contributed by atoms with Gasteiger partial charge in [-0.3, -0.25) is 10.1 Å². The number of nitrogens with one attached hydrogen (secondary N) is 1. The molecular formula is C24H25FN4OS. The topological polar surface area (TPSA) is 50.2 Å². The quantitative estimate of drug-likeness (QED) is 0.531. The molecule has 160 valence electrons. The molecule has 1 N–H and O–H groups in total. The monoisotopic (exact) mass is 436 g/mol. The van der Waals surface area contributed by atoms with Crippen LogP contribution in [0.4, 0.5) is 15.2 Å². The van der Waals surface area contributed by atoms with Gasteiger partial charge in [-0.2, -0.15) is 0 Å². The van der Waals surface area contributed by atoms with Crippen molar-refractivity contribution >= 4 is 28.1 Å². The van der Waals surface area contributed by atoms with Gasteiger partial charge in [-0.25, -0.2) is 9.37 Å². The van der Waals surface area contributed by atoms with Gasteiger partial charge >= 0.3 is 0 Å². The van der Waals surface area contributed by atoms with Crippen LogP contribution in [-0.4, -0.2) is 22.0 Å². The first kappa shape index (κ1) is 20.0. The fraction of sp³-hybridized carbons (Fsp3) is 0.333. The van der Waals surface area contributed by atoms with Crippen LogP contribution < -0.4 is 10.2 Å². The summed E-state index contributed by atoms with van der Waals surface area (Å²) in [4.78, 5) is 20.0. The number of anilines is 2. The zero-order valence-electron chi connectivity index (χ0n) is 17.2. The van der Waals surface area contributed by atoms with Crippen molar-refractivity contribution in [1.29, 1.82) is 0 Å². The maximum absolute atomic E-state index is 13.4. The molecule has 31 heavy (non-hydrogen) atoms. The third-order valence-electron chi connectivity index (χ3n) is 6.09. The summed E-state index contributed by atoms with van der Waals surface area (Å²) in [6.07, 6.45) is 7.02. The summed E-state index contributed by atoms with van der Waals surface area (Å²) < 4.78 is 15.3. The van der Waals surface area contributed by atoms with E-state index >= 15 is 0 Å². The van der Waals surface area contributed by atoms with E-state index in [2.05, 4.69) is 34.5 Å². The number of nitrogens with zero attached hydrogens (tertiary/aromatic N) is 3. The highest BCUT2D eigenvalue weighted by molar-refractivity contribution is 7.14. The van der Waals surface area contributed by atoms with Crippen LogP contribution in [0.1, 0.15) is 47.9 Å². The van der Waals surface area contributed by atoms with Gasteiger partial charge in [0.1, 0.15) is 5.69 Å². The minimum Gasteiger partial charge on any atom is -0.363 e. The molecule has 1 aliphatic carbocycles. The summed E-state index contributed by atoms with van der Waals surface area (Å²) in [5, 5.41) is 5.62. The molecule has 1 fully saturated rings. The van der Waals surface area contributed by atoms with E-state index in [0.717, 1.165) is 31.5 Å². The Morgan fingerprint density at radius 2 is 2.06 bits per heavy atom. The molecule has 0 spiro atoms. The summed E-state index contributed by atoms with van der Waals surface area (Å²) >= 11 is 1.46. The van der Waals surface area contributed by atoms with E-state index in [1.807, 2.05) is 28.3 Å². The van der Waals surface area contributed by atoms with Crippen LogP contribution >= 0.6 is 11.3 Å². The second kappa shape index (κ2) is 8.67. The number of thiazole rings is 1. The smallest absolute Gasteiger partial charge is 0.274 e. The van der Waals surface area contributed by atoms with Gasteiger partial charge in [-0.1, -0.05) is 18.2 Å². The third kappa shape index (κ3) is 4.28. The van der Waals surface area contributed by atoms with Crippen molar-refractivity contribution in [3.63, 3.8) is 0 Å². The summed E-state index contributed by atoms with van der Waals surface area (Å²) in [6, 6.07) is 14.3. The van der Waals surface area contributed by atoms with E-state index in [9.17, 15) is 9.18 Å². The number of allylic oxidation sites excluding steroid dienone is 2. The molecule has 0 radical (unpaired) electrons. The van der Waals surface area contributed by atoms with E-state index < -0.39 is 0 Å². The van der Waals surface area contributed by atoms with Crippen LogP contribution in [0, 0.1) is 5.92 Å². The van der Waals surface area contributed by atoms with Crippen molar-refractivity contribution in [2.45, 2.75) is 38.3 Å². The Labute approximate surface area is 185 Å². The number of benzene rings is 1. The molecule has 1 saturated heterocycles. The highest BCUT2D eigenvalue weighted by Crippen LogP contribution is 2.37. The standard InChI is InChI=1S/C24H25FN4OS/c25-18-11-10-17(14-18)15-28-12-4-9-22(28)23(30)27-24-26-20(16-31-24)21-8-5-13-29(21)19-6-2-1-3-7-19/h1-4,6-7,9,12,14,16-17,21H,5,8,10-11,13,15H2,(H,26,27,30)/t17?,21-/m1/s1. The summed E-state index contributed by atoms with van der Waals surface area (Å²) in [6.45, 7) is 1.62. The molecule has 2 aliphatic rings. The van der Waals surface area contributed by atoms with E-state index in [1.165, 1.54) is 17.0 Å². The molecule has 0 bridgehead atoms. The van der Waals surface area contributed by atoms with Crippen LogP contribution in [0.5, 0.6) is 0 Å². The highest BCUT2D eigenvalue weighted by atomic mass is 32.1. The maximum Gasteiger partial charge on any atom is 0.274 e. The minimum atomic E-state index is -0.181. The van der Waals surface area contributed by atoms with Gasteiger partial charge in [0.15, 0.2) is 5.13 Å². The molecule has 1 aliphatic heterocycles. The molecule has 1 unspecified atom stereocenters. The molecular weight excluding hydrogens is 411 g/mol. The first-order chi connectivity index (χ1) is 15.2. The fourth-order valence-electron chi connectivity index (χ4n) is 4.58. The average molecular weight is 437 g/mol. The summed E-state index contributed by atoms with van der Waals surface area (Å²) in [7, 11) is 0. The molecule has 0 saturated carbocycles. The Morgan fingerprint density at radius 1 is 1.19 bits per heavy atom. The van der Waals surface area contributed by atoms with Crippen LogP contribution in [0.2, 0.25) is 0 Å². The molecule has 7 heteroatoms. The lowest BCUT2D eigenvalue weighted by molar-refractivity contribution is 0.101. The zero-order chi connectivity index (χ0) is 21.2. The number of aromatic nitrogens is 2. The van der Waals surface area contributed by atoms with Crippen molar-refractivity contribution < 1.29 is 9.18 Å². The van der Waals surface area contributed by atoms with Crippen molar-refractivity contribution in [1.82, 2.24) is 9.55 Å². The molecule has 1 amide bonds. The SMILES string of the molecule is O=C(Nc1nc([C@H]2CCCN2c2ccccc2)cs1)c1cccn1CC1C=C(F)CC1. The molecule has 2 aromatic heterocycles. The molecule has 1 aromatic carbocycles. The van der Waals surface area contributed by atoms with E-state index in [-0.39, 0.29) is 23.7 Å². The molecule has 3 aromatic rings. The van der Waals surface area contributed by atoms with Gasteiger partial charge in [-0.05, 0) is 61.9 Å². The molecule has 5 rings (SSSR count). The normalized spacial score (nSPS) is 20.8. The van der Waals surface area contributed by atoms with Crippen LogP contribution in [0.15, 0.2) is 65.9 Å². The number of carbonyl (C=O) groups is 1. The fourth-order valence-corrected chi connectivity index (χ4v) is 5.33. The summed E-state index contributed by atoms with van der Waals surface area (Å²) in [5.74, 6) is -0.0913. The first-order valence-electron chi connectivity index (χ1n) is 10.8. The number of hydrogen-bond acceptors (Lipinski definition) is 4. The average Bonchev–Trinajstić information content (AvgIpc) is 3.56. The Morgan fingerprint density at radius 3 is 2.87 bits per heavy atom. The van der Waals surface area contributed by atoms with Crippen LogP contribution in [0.25, 0.3) is 0 Å². The number of halogens is 1. The molecule has 3 heterocycles. The number of para-hydroxylation sites is 1. The van der Waals surface area contributed by atoms with Gasteiger partial charge in [0.05, 0.1) is 17.6 Å². The first-order valence-corrected chi connectivity index (χ1v) is 11.6.